The summed E-state index contributed by atoms with van der Waals surface area (Å²) in [4.78, 5) is 0. The van der Waals surface area contributed by atoms with Gasteiger partial charge >= 0.3 is 10.4 Å². The second-order valence-electron chi connectivity index (χ2n) is 0.448. The third-order valence-corrected chi connectivity index (χ3v) is 0. The summed E-state index contributed by atoms with van der Waals surface area (Å²) < 4.78 is 31.6. The number of rotatable bonds is 0. The van der Waals surface area contributed by atoms with Crippen LogP contribution in [-0.2, 0) is 44.5 Å². The van der Waals surface area contributed by atoms with Gasteiger partial charge in [-0.15, -0.1) is 0 Å². The molecule has 0 spiro atoms. The molecule has 4 N–H and O–H groups in total. The molecule has 0 heterocycles. The van der Waals surface area contributed by atoms with E-state index in [2.05, 4.69) is 0 Å². The quantitative estimate of drug-likeness (QED) is 0.399. The Balaban J connectivity index is -0.0000000267. The zero-order chi connectivity index (χ0) is 4.50. The molecule has 8 heteroatoms. The van der Waals surface area contributed by atoms with Crippen molar-refractivity contribution >= 4 is 10.4 Å². The van der Waals surface area contributed by atoms with E-state index in [1.54, 1.807) is 0 Å². The van der Waals surface area contributed by atoms with E-state index < -0.39 is 10.4 Å². The molecular weight excluding hydrogens is 239 g/mol. The van der Waals surface area contributed by atoms with Crippen LogP contribution in [-0.4, -0.2) is 23.0 Å². The molecule has 0 saturated carbocycles. The summed E-state index contributed by atoms with van der Waals surface area (Å²) in [6.45, 7) is 0. The van der Waals surface area contributed by atoms with Gasteiger partial charge in [-0.1, -0.05) is 0 Å². The third-order valence-electron chi connectivity index (χ3n) is 0. The molecule has 0 aliphatic rings. The zero-order valence-electron chi connectivity index (χ0n) is 3.22. The van der Waals surface area contributed by atoms with Crippen molar-refractivity contribution in [2.75, 3.05) is 0 Å². The first kappa shape index (κ1) is 23.2. The SMILES string of the molecule is O.O=S(=O)(O)O.[Cu].[Cu]. The molecule has 8 heavy (non-hydrogen) atoms. The minimum atomic E-state index is -4.67. The van der Waals surface area contributed by atoms with Gasteiger partial charge in [0.2, 0.25) is 0 Å². The van der Waals surface area contributed by atoms with Crippen LogP contribution >= 0.6 is 0 Å². The van der Waals surface area contributed by atoms with E-state index >= 15 is 0 Å². The van der Waals surface area contributed by atoms with E-state index in [1.165, 1.54) is 0 Å². The Labute approximate surface area is 67.7 Å². The molecule has 0 rings (SSSR count). The number of hydrogen-bond donors (Lipinski definition) is 2. The van der Waals surface area contributed by atoms with Gasteiger partial charge in [-0.2, -0.15) is 8.42 Å². The van der Waals surface area contributed by atoms with Crippen LogP contribution in [0.2, 0.25) is 0 Å². The maximum atomic E-state index is 8.74. The van der Waals surface area contributed by atoms with E-state index in [4.69, 9.17) is 17.5 Å². The van der Waals surface area contributed by atoms with Crippen molar-refractivity contribution < 1.29 is 57.1 Å². The van der Waals surface area contributed by atoms with Crippen LogP contribution in [0.3, 0.4) is 0 Å². The molecular formula is H4Cu2O5S. The van der Waals surface area contributed by atoms with Crippen molar-refractivity contribution in [2.45, 2.75) is 0 Å². The summed E-state index contributed by atoms with van der Waals surface area (Å²) in [5, 5.41) is 0. The first-order chi connectivity index (χ1) is 2.00. The summed E-state index contributed by atoms with van der Waals surface area (Å²) in [6.07, 6.45) is 0. The van der Waals surface area contributed by atoms with Crippen LogP contribution in [0.4, 0.5) is 0 Å². The molecule has 62 valence electrons. The molecule has 2 radical (unpaired) electrons. The van der Waals surface area contributed by atoms with Gasteiger partial charge in [-0.25, -0.2) is 0 Å². The Morgan fingerprint density at radius 1 is 1.00 bits per heavy atom. The average Bonchev–Trinajstić information content (AvgIpc) is 0.722. The molecule has 0 unspecified atom stereocenters. The fourth-order valence-electron chi connectivity index (χ4n) is 0. The molecule has 0 aromatic heterocycles. The smallest absolute Gasteiger partial charge is 0.394 e. The molecule has 0 aliphatic carbocycles. The number of hydrogen-bond acceptors (Lipinski definition) is 2. The fraction of sp³-hybridized carbons (Fsp3) is 0. The maximum absolute atomic E-state index is 8.74. The normalized spacial score (nSPS) is 7.25. The van der Waals surface area contributed by atoms with Crippen LogP contribution in [0.15, 0.2) is 0 Å². The van der Waals surface area contributed by atoms with Gasteiger partial charge in [0.25, 0.3) is 0 Å². The van der Waals surface area contributed by atoms with E-state index in [0.29, 0.717) is 0 Å². The van der Waals surface area contributed by atoms with Crippen LogP contribution < -0.4 is 0 Å². The van der Waals surface area contributed by atoms with Gasteiger partial charge in [-0.05, 0) is 0 Å². The van der Waals surface area contributed by atoms with Crippen LogP contribution in [0, 0.1) is 0 Å². The molecule has 0 atom stereocenters. The van der Waals surface area contributed by atoms with Gasteiger partial charge in [0.05, 0.1) is 0 Å². The monoisotopic (exact) mass is 242 g/mol. The van der Waals surface area contributed by atoms with Crippen LogP contribution in [0.1, 0.15) is 0 Å². The van der Waals surface area contributed by atoms with Crippen molar-refractivity contribution in [3.63, 3.8) is 0 Å². The molecule has 0 aromatic carbocycles. The van der Waals surface area contributed by atoms with Crippen molar-refractivity contribution in [3.8, 4) is 0 Å². The second-order valence-corrected chi connectivity index (χ2v) is 1.34. The summed E-state index contributed by atoms with van der Waals surface area (Å²) >= 11 is 0. The van der Waals surface area contributed by atoms with Crippen molar-refractivity contribution in [2.24, 2.45) is 0 Å². The molecule has 0 bridgehead atoms. The second kappa shape index (κ2) is 7.87. The van der Waals surface area contributed by atoms with Gasteiger partial charge in [0.15, 0.2) is 0 Å². The van der Waals surface area contributed by atoms with E-state index in [1.807, 2.05) is 0 Å². The summed E-state index contributed by atoms with van der Waals surface area (Å²) in [5.74, 6) is 0. The van der Waals surface area contributed by atoms with Crippen molar-refractivity contribution in [1.82, 2.24) is 0 Å². The van der Waals surface area contributed by atoms with E-state index in [9.17, 15) is 0 Å². The average molecular weight is 243 g/mol. The van der Waals surface area contributed by atoms with Crippen LogP contribution in [0.5, 0.6) is 0 Å². The van der Waals surface area contributed by atoms with E-state index in [0.717, 1.165) is 0 Å². The van der Waals surface area contributed by atoms with Crippen LogP contribution in [0.25, 0.3) is 0 Å². The Hall–Kier alpha value is 0.869. The molecule has 0 fully saturated rings. The minimum Gasteiger partial charge on any atom is -0.412 e. The van der Waals surface area contributed by atoms with Gasteiger partial charge in [0.1, 0.15) is 0 Å². The Morgan fingerprint density at radius 3 is 1.00 bits per heavy atom. The van der Waals surface area contributed by atoms with Gasteiger partial charge < -0.3 is 5.48 Å². The van der Waals surface area contributed by atoms with Crippen molar-refractivity contribution in [3.05, 3.63) is 0 Å². The summed E-state index contributed by atoms with van der Waals surface area (Å²) in [6, 6.07) is 0. The predicted octanol–water partition coefficient (Wildman–Crippen LogP) is -1.48. The first-order valence-corrected chi connectivity index (χ1v) is 2.10. The molecule has 0 aromatic rings. The Morgan fingerprint density at radius 2 is 1.00 bits per heavy atom. The molecule has 0 aliphatic heterocycles. The van der Waals surface area contributed by atoms with Gasteiger partial charge in [0, 0.05) is 34.1 Å². The minimum absolute atomic E-state index is 0. The summed E-state index contributed by atoms with van der Waals surface area (Å²) in [5.41, 5.74) is 0. The topological polar surface area (TPSA) is 106 Å². The largest absolute Gasteiger partial charge is 0.412 e. The predicted molar refractivity (Wildman–Crippen MR) is 17.8 cm³/mol. The Kier molecular flexibility index (Phi) is 22.8. The third kappa shape index (κ3) is 313. The van der Waals surface area contributed by atoms with E-state index in [-0.39, 0.29) is 39.6 Å². The Bertz CT molecular complexity index is 93.6. The van der Waals surface area contributed by atoms with Gasteiger partial charge in [-0.3, -0.25) is 9.11 Å². The standard InChI is InChI=1S/2Cu.H2O4S.H2O/c;;1-5(2,3)4;/h;;(H2,1,2,3,4);1H2. The maximum Gasteiger partial charge on any atom is 0.394 e. The first-order valence-electron chi connectivity index (χ1n) is 0.698. The fourth-order valence-corrected chi connectivity index (χ4v) is 0. The molecule has 0 saturated heterocycles. The zero-order valence-corrected chi connectivity index (χ0v) is 5.92. The van der Waals surface area contributed by atoms with Crippen molar-refractivity contribution in [1.29, 1.82) is 0 Å². The molecule has 0 amide bonds. The molecule has 5 nitrogen and oxygen atoms in total. The summed E-state index contributed by atoms with van der Waals surface area (Å²) in [7, 11) is -4.67.